The van der Waals surface area contributed by atoms with E-state index in [2.05, 4.69) is 15.5 Å². The van der Waals surface area contributed by atoms with E-state index in [4.69, 9.17) is 27.6 Å². The normalized spacial score (nSPS) is 12.2. The Morgan fingerprint density at radius 1 is 1.45 bits per heavy atom. The minimum Gasteiger partial charge on any atom is -0.469 e. The van der Waals surface area contributed by atoms with Crippen LogP contribution in [0.15, 0.2) is 28.9 Å². The number of rotatable bonds is 5. The second-order valence-corrected chi connectivity index (χ2v) is 5.11. The lowest BCUT2D eigenvalue weighted by Crippen LogP contribution is -2.33. The van der Waals surface area contributed by atoms with Crippen LogP contribution in [0.3, 0.4) is 0 Å². The van der Waals surface area contributed by atoms with E-state index >= 15 is 0 Å². The van der Waals surface area contributed by atoms with E-state index in [9.17, 15) is 4.79 Å². The Kier molecular flexibility index (Phi) is 4.98. The van der Waals surface area contributed by atoms with Gasteiger partial charge in [-0.2, -0.15) is 0 Å². The second kappa shape index (κ2) is 6.72. The number of nitrogens with one attached hydrogen (secondary N) is 1. The number of aromatic nitrogens is 2. The first-order valence-electron chi connectivity index (χ1n) is 6.08. The third kappa shape index (κ3) is 3.95. The van der Waals surface area contributed by atoms with Crippen LogP contribution in [0, 0.1) is 0 Å². The molecule has 1 atom stereocenters. The number of carbonyl (C=O) groups excluding carboxylic acids is 1. The standard InChI is InChI=1S/C13H13Cl2N3O2/c1-8(4-5-9-3-2-6-20-9)16-13(19)10-7-11(14)17-18-12(10)15/h2-3,6-8H,4-5H2,1H3,(H,16,19). The summed E-state index contributed by atoms with van der Waals surface area (Å²) in [5.74, 6) is 0.566. The van der Waals surface area contributed by atoms with Crippen molar-refractivity contribution >= 4 is 29.1 Å². The molecule has 0 aliphatic rings. The quantitative estimate of drug-likeness (QED) is 0.920. The molecule has 0 aromatic carbocycles. The Balaban J connectivity index is 1.91. The first kappa shape index (κ1) is 14.8. The SMILES string of the molecule is CC(CCc1ccco1)NC(=O)c1cc(Cl)nnc1Cl. The summed E-state index contributed by atoms with van der Waals surface area (Å²) in [7, 11) is 0. The molecule has 2 aromatic heterocycles. The molecule has 2 rings (SSSR count). The summed E-state index contributed by atoms with van der Waals surface area (Å²) < 4.78 is 5.24. The number of furan rings is 1. The molecule has 20 heavy (non-hydrogen) atoms. The third-order valence-electron chi connectivity index (χ3n) is 2.74. The lowest BCUT2D eigenvalue weighted by molar-refractivity contribution is 0.0937. The number of hydrogen-bond acceptors (Lipinski definition) is 4. The predicted octanol–water partition coefficient (Wildman–Crippen LogP) is 3.13. The fourth-order valence-corrected chi connectivity index (χ4v) is 2.02. The van der Waals surface area contributed by atoms with Gasteiger partial charge in [-0.25, -0.2) is 0 Å². The van der Waals surface area contributed by atoms with Crippen molar-refractivity contribution in [1.29, 1.82) is 0 Å². The van der Waals surface area contributed by atoms with Gasteiger partial charge < -0.3 is 9.73 Å². The van der Waals surface area contributed by atoms with Gasteiger partial charge in [0.25, 0.3) is 5.91 Å². The molecule has 2 aromatic rings. The fraction of sp³-hybridized carbons (Fsp3) is 0.308. The molecule has 2 heterocycles. The highest BCUT2D eigenvalue weighted by atomic mass is 35.5. The Labute approximate surface area is 126 Å². The zero-order chi connectivity index (χ0) is 14.5. The van der Waals surface area contributed by atoms with Crippen LogP contribution < -0.4 is 5.32 Å². The molecule has 5 nitrogen and oxygen atoms in total. The zero-order valence-corrected chi connectivity index (χ0v) is 12.3. The Bertz CT molecular complexity index is 587. The van der Waals surface area contributed by atoms with Crippen molar-refractivity contribution < 1.29 is 9.21 Å². The van der Waals surface area contributed by atoms with Gasteiger partial charge in [-0.15, -0.1) is 10.2 Å². The molecule has 1 amide bonds. The van der Waals surface area contributed by atoms with E-state index in [0.717, 1.165) is 18.6 Å². The Morgan fingerprint density at radius 3 is 2.95 bits per heavy atom. The molecular weight excluding hydrogens is 301 g/mol. The summed E-state index contributed by atoms with van der Waals surface area (Å²) in [4.78, 5) is 12.0. The lowest BCUT2D eigenvalue weighted by Gasteiger charge is -2.13. The smallest absolute Gasteiger partial charge is 0.254 e. The van der Waals surface area contributed by atoms with Gasteiger partial charge in [0.2, 0.25) is 0 Å². The first-order valence-corrected chi connectivity index (χ1v) is 6.84. The molecule has 0 spiro atoms. The summed E-state index contributed by atoms with van der Waals surface area (Å²) >= 11 is 11.5. The number of amides is 1. The number of carbonyl (C=O) groups is 1. The summed E-state index contributed by atoms with van der Waals surface area (Å²) in [5.41, 5.74) is 0.219. The molecule has 7 heteroatoms. The summed E-state index contributed by atoms with van der Waals surface area (Å²) in [5, 5.41) is 10.2. The molecule has 0 aliphatic heterocycles. The highest BCUT2D eigenvalue weighted by Crippen LogP contribution is 2.15. The van der Waals surface area contributed by atoms with Crippen molar-refractivity contribution in [2.45, 2.75) is 25.8 Å². The van der Waals surface area contributed by atoms with Crippen molar-refractivity contribution in [3.63, 3.8) is 0 Å². The number of nitrogens with zero attached hydrogens (tertiary/aromatic N) is 2. The number of hydrogen-bond donors (Lipinski definition) is 1. The van der Waals surface area contributed by atoms with Crippen LogP contribution in [0.5, 0.6) is 0 Å². The predicted molar refractivity (Wildman–Crippen MR) is 76.0 cm³/mol. The molecule has 1 N–H and O–H groups in total. The van der Waals surface area contributed by atoms with Gasteiger partial charge in [0, 0.05) is 12.5 Å². The number of halogens is 2. The molecule has 106 valence electrons. The van der Waals surface area contributed by atoms with E-state index in [0.29, 0.717) is 0 Å². The molecular formula is C13H13Cl2N3O2. The van der Waals surface area contributed by atoms with Crippen molar-refractivity contribution in [3.05, 3.63) is 46.1 Å². The van der Waals surface area contributed by atoms with Crippen LogP contribution in [0.1, 0.15) is 29.5 Å². The second-order valence-electron chi connectivity index (χ2n) is 4.36. The minimum absolute atomic E-state index is 0.0318. The van der Waals surface area contributed by atoms with E-state index in [1.807, 2.05) is 19.1 Å². The maximum atomic E-state index is 12.0. The summed E-state index contributed by atoms with van der Waals surface area (Å²) in [6.45, 7) is 1.91. The van der Waals surface area contributed by atoms with Crippen LogP contribution in [-0.2, 0) is 6.42 Å². The lowest BCUT2D eigenvalue weighted by atomic mass is 10.1. The molecule has 0 radical (unpaired) electrons. The van der Waals surface area contributed by atoms with Gasteiger partial charge in [0.05, 0.1) is 11.8 Å². The van der Waals surface area contributed by atoms with E-state index in [1.54, 1.807) is 6.26 Å². The van der Waals surface area contributed by atoms with Gasteiger partial charge in [-0.1, -0.05) is 23.2 Å². The van der Waals surface area contributed by atoms with Crippen molar-refractivity contribution in [3.8, 4) is 0 Å². The number of aryl methyl sites for hydroxylation is 1. The van der Waals surface area contributed by atoms with Crippen molar-refractivity contribution in [1.82, 2.24) is 15.5 Å². The van der Waals surface area contributed by atoms with Crippen LogP contribution in [0.4, 0.5) is 0 Å². The highest BCUT2D eigenvalue weighted by Gasteiger charge is 2.15. The van der Waals surface area contributed by atoms with E-state index < -0.39 is 0 Å². The summed E-state index contributed by atoms with van der Waals surface area (Å²) in [6.07, 6.45) is 3.13. The zero-order valence-electron chi connectivity index (χ0n) is 10.8. The van der Waals surface area contributed by atoms with E-state index in [-0.39, 0.29) is 27.8 Å². The molecule has 0 saturated carbocycles. The van der Waals surface area contributed by atoms with Crippen molar-refractivity contribution in [2.75, 3.05) is 0 Å². The Hall–Kier alpha value is -1.59. The van der Waals surface area contributed by atoms with Crippen LogP contribution in [0.25, 0.3) is 0 Å². The van der Waals surface area contributed by atoms with Crippen LogP contribution in [-0.4, -0.2) is 22.1 Å². The largest absolute Gasteiger partial charge is 0.469 e. The van der Waals surface area contributed by atoms with Gasteiger partial charge >= 0.3 is 0 Å². The average Bonchev–Trinajstić information content (AvgIpc) is 2.92. The maximum absolute atomic E-state index is 12.0. The van der Waals surface area contributed by atoms with Crippen LogP contribution >= 0.6 is 23.2 Å². The molecule has 0 saturated heterocycles. The van der Waals surface area contributed by atoms with Crippen molar-refractivity contribution in [2.24, 2.45) is 0 Å². The third-order valence-corrected chi connectivity index (χ3v) is 3.21. The molecule has 0 bridgehead atoms. The molecule has 0 fully saturated rings. The maximum Gasteiger partial charge on any atom is 0.254 e. The highest BCUT2D eigenvalue weighted by molar-refractivity contribution is 6.34. The Morgan fingerprint density at radius 2 is 2.25 bits per heavy atom. The average molecular weight is 314 g/mol. The molecule has 1 unspecified atom stereocenters. The van der Waals surface area contributed by atoms with Gasteiger partial charge in [-0.05, 0) is 31.5 Å². The van der Waals surface area contributed by atoms with Crippen LogP contribution in [0.2, 0.25) is 10.3 Å². The monoisotopic (exact) mass is 313 g/mol. The summed E-state index contributed by atoms with van der Waals surface area (Å²) in [6, 6.07) is 5.10. The van der Waals surface area contributed by atoms with Gasteiger partial charge in [0.1, 0.15) is 5.76 Å². The topological polar surface area (TPSA) is 68.0 Å². The minimum atomic E-state index is -0.321. The molecule has 0 aliphatic carbocycles. The first-order chi connectivity index (χ1) is 9.56. The van der Waals surface area contributed by atoms with E-state index in [1.165, 1.54) is 6.07 Å². The van der Waals surface area contributed by atoms with Gasteiger partial charge in [0.15, 0.2) is 10.3 Å². The fourth-order valence-electron chi connectivity index (χ4n) is 1.70. The van der Waals surface area contributed by atoms with Gasteiger partial charge in [-0.3, -0.25) is 4.79 Å².